The number of benzene rings is 3. The second-order valence-electron chi connectivity index (χ2n) is 5.67. The number of halogens is 5. The largest absolute Gasteiger partial charge is 0.453 e. The van der Waals surface area contributed by atoms with Crippen molar-refractivity contribution in [2.75, 3.05) is 3.11 Å². The zero-order valence-corrected chi connectivity index (χ0v) is 15.2. The average Bonchev–Trinajstić information content (AvgIpc) is 2.99. The van der Waals surface area contributed by atoms with Crippen molar-refractivity contribution in [3.8, 4) is 0 Å². The Kier molecular flexibility index (Phi) is 4.06. The standard InChI is InChI=1S/C19H10F4INO/c20-14-8-1-2-9-15(14)25(24)16-10-4-6-12-11-5-3-7-13(19(21,22)23)17(11)26-18(12)16/h1-10H. The summed E-state index contributed by atoms with van der Waals surface area (Å²) in [6.45, 7) is 0. The minimum absolute atomic E-state index is 0.221. The molecule has 0 bridgehead atoms. The van der Waals surface area contributed by atoms with E-state index in [1.54, 1.807) is 42.5 Å². The maximum atomic E-state index is 14.1. The quantitative estimate of drug-likeness (QED) is 0.174. The first-order valence-corrected chi connectivity index (χ1v) is 8.56. The van der Waals surface area contributed by atoms with Gasteiger partial charge in [0, 0.05) is 10.8 Å². The summed E-state index contributed by atoms with van der Waals surface area (Å²) < 4.78 is 61.2. The molecule has 1 heterocycles. The Labute approximate surface area is 159 Å². The van der Waals surface area contributed by atoms with Crippen LogP contribution in [-0.2, 0) is 6.18 Å². The molecule has 4 aromatic rings. The Balaban J connectivity index is 1.99. The van der Waals surface area contributed by atoms with Crippen LogP contribution in [0.25, 0.3) is 21.9 Å². The maximum absolute atomic E-state index is 14.1. The van der Waals surface area contributed by atoms with Gasteiger partial charge in [0.25, 0.3) is 0 Å². The van der Waals surface area contributed by atoms with Crippen molar-refractivity contribution in [3.05, 3.63) is 72.0 Å². The van der Waals surface area contributed by atoms with Crippen LogP contribution in [-0.4, -0.2) is 0 Å². The summed E-state index contributed by atoms with van der Waals surface area (Å²) in [5.74, 6) is -0.439. The van der Waals surface area contributed by atoms with Gasteiger partial charge < -0.3 is 4.42 Å². The fourth-order valence-corrected chi connectivity index (χ4v) is 3.69. The van der Waals surface area contributed by atoms with Crippen LogP contribution in [0, 0.1) is 5.82 Å². The van der Waals surface area contributed by atoms with Gasteiger partial charge in [0.2, 0.25) is 0 Å². The van der Waals surface area contributed by atoms with Gasteiger partial charge in [-0.15, -0.1) is 0 Å². The highest BCUT2D eigenvalue weighted by molar-refractivity contribution is 14.1. The van der Waals surface area contributed by atoms with E-state index in [9.17, 15) is 17.6 Å². The lowest BCUT2D eigenvalue weighted by Gasteiger charge is -2.17. The van der Waals surface area contributed by atoms with E-state index in [1.165, 1.54) is 15.2 Å². The Hall–Kier alpha value is -2.29. The zero-order chi connectivity index (χ0) is 18.5. The lowest BCUT2D eigenvalue weighted by molar-refractivity contribution is -0.136. The van der Waals surface area contributed by atoms with E-state index >= 15 is 0 Å². The van der Waals surface area contributed by atoms with Crippen LogP contribution >= 0.6 is 22.9 Å². The third-order valence-corrected chi connectivity index (χ3v) is 5.12. The molecule has 2 nitrogen and oxygen atoms in total. The van der Waals surface area contributed by atoms with E-state index in [1.807, 2.05) is 22.9 Å². The first kappa shape index (κ1) is 17.1. The van der Waals surface area contributed by atoms with Crippen LogP contribution in [0.2, 0.25) is 0 Å². The van der Waals surface area contributed by atoms with Gasteiger partial charge in [0.15, 0.2) is 5.58 Å². The van der Waals surface area contributed by atoms with Crippen LogP contribution in [0.3, 0.4) is 0 Å². The Bertz CT molecular complexity index is 1120. The number of furan rings is 1. The van der Waals surface area contributed by atoms with Gasteiger partial charge in [-0.3, -0.25) is 3.11 Å². The molecule has 0 spiro atoms. The smallest absolute Gasteiger partial charge is 0.420 e. The Morgan fingerprint density at radius 2 is 1.38 bits per heavy atom. The average molecular weight is 471 g/mol. The van der Waals surface area contributed by atoms with Crippen LogP contribution in [0.1, 0.15) is 5.56 Å². The first-order chi connectivity index (χ1) is 12.4. The van der Waals surface area contributed by atoms with E-state index < -0.39 is 17.6 Å². The van der Waals surface area contributed by atoms with Crippen molar-refractivity contribution in [3.63, 3.8) is 0 Å². The minimum Gasteiger partial charge on any atom is -0.453 e. The third-order valence-electron chi connectivity index (χ3n) is 4.08. The Morgan fingerprint density at radius 3 is 2.08 bits per heavy atom. The van der Waals surface area contributed by atoms with Crippen LogP contribution < -0.4 is 3.11 Å². The second kappa shape index (κ2) is 6.15. The van der Waals surface area contributed by atoms with E-state index in [4.69, 9.17) is 4.42 Å². The second-order valence-corrected chi connectivity index (χ2v) is 6.63. The van der Waals surface area contributed by atoms with E-state index in [-0.39, 0.29) is 16.9 Å². The molecular weight excluding hydrogens is 461 g/mol. The summed E-state index contributed by atoms with van der Waals surface area (Å²) in [6.07, 6.45) is -4.52. The monoisotopic (exact) mass is 471 g/mol. The van der Waals surface area contributed by atoms with Gasteiger partial charge >= 0.3 is 6.18 Å². The number of fused-ring (bicyclic) bond motifs is 3. The number of hydrogen-bond acceptors (Lipinski definition) is 2. The topological polar surface area (TPSA) is 16.4 Å². The number of rotatable bonds is 2. The van der Waals surface area contributed by atoms with Gasteiger partial charge in [-0.1, -0.05) is 36.4 Å². The third kappa shape index (κ3) is 2.70. The van der Waals surface area contributed by atoms with E-state index in [0.29, 0.717) is 16.5 Å². The molecule has 0 N–H and O–H groups in total. The lowest BCUT2D eigenvalue weighted by atomic mass is 10.1. The predicted octanol–water partition coefficient (Wildman–Crippen LogP) is 7.23. The molecule has 26 heavy (non-hydrogen) atoms. The first-order valence-electron chi connectivity index (χ1n) is 7.60. The normalized spacial score (nSPS) is 12.0. The molecule has 0 atom stereocenters. The number of anilines is 2. The fourth-order valence-electron chi connectivity index (χ4n) is 2.92. The summed E-state index contributed by atoms with van der Waals surface area (Å²) in [4.78, 5) is 0. The number of para-hydroxylation sites is 3. The molecule has 0 aliphatic heterocycles. The highest BCUT2D eigenvalue weighted by Crippen LogP contribution is 2.43. The van der Waals surface area contributed by atoms with E-state index in [0.717, 1.165) is 6.07 Å². The summed E-state index contributed by atoms with van der Waals surface area (Å²) >= 11 is 1.91. The van der Waals surface area contributed by atoms with Gasteiger partial charge in [-0.25, -0.2) is 4.39 Å². The molecule has 0 aliphatic rings. The lowest BCUT2D eigenvalue weighted by Crippen LogP contribution is -2.04. The molecule has 0 saturated carbocycles. The van der Waals surface area contributed by atoms with Crippen molar-refractivity contribution in [2.24, 2.45) is 0 Å². The number of alkyl halides is 3. The van der Waals surface area contributed by atoms with Crippen molar-refractivity contribution in [2.45, 2.75) is 6.18 Å². The highest BCUT2D eigenvalue weighted by Gasteiger charge is 2.34. The van der Waals surface area contributed by atoms with Crippen LogP contribution in [0.5, 0.6) is 0 Å². The Morgan fingerprint density at radius 1 is 0.769 bits per heavy atom. The van der Waals surface area contributed by atoms with E-state index in [2.05, 4.69) is 0 Å². The number of hydrogen-bond donors (Lipinski definition) is 0. The minimum atomic E-state index is -4.52. The fraction of sp³-hybridized carbons (Fsp3) is 0.0526. The molecule has 0 fully saturated rings. The summed E-state index contributed by atoms with van der Waals surface area (Å²) in [7, 11) is 0. The summed E-state index contributed by atoms with van der Waals surface area (Å²) in [6, 6.07) is 15.2. The molecule has 3 aromatic carbocycles. The van der Waals surface area contributed by atoms with Crippen LogP contribution in [0.4, 0.5) is 28.9 Å². The van der Waals surface area contributed by atoms with Crippen molar-refractivity contribution < 1.29 is 22.0 Å². The maximum Gasteiger partial charge on any atom is 0.420 e. The van der Waals surface area contributed by atoms with Gasteiger partial charge in [0.1, 0.15) is 11.4 Å². The van der Waals surface area contributed by atoms with Gasteiger partial charge in [-0.05, 0) is 24.3 Å². The molecule has 4 rings (SSSR count). The summed E-state index contributed by atoms with van der Waals surface area (Å²) in [5, 5.41) is 0.914. The molecule has 0 saturated heterocycles. The van der Waals surface area contributed by atoms with Crippen molar-refractivity contribution in [1.82, 2.24) is 0 Å². The van der Waals surface area contributed by atoms with Gasteiger partial charge in [-0.2, -0.15) is 13.2 Å². The molecule has 7 heteroatoms. The number of nitrogens with zero attached hydrogens (tertiary/aromatic N) is 1. The SMILES string of the molecule is Fc1ccccc1N(I)c1cccc2c1oc1c(C(F)(F)F)cccc12. The molecule has 1 aromatic heterocycles. The highest BCUT2D eigenvalue weighted by atomic mass is 127. The molecule has 0 unspecified atom stereocenters. The summed E-state index contributed by atoms with van der Waals surface area (Å²) in [5.41, 5.74) is -0.0182. The molecule has 0 amide bonds. The van der Waals surface area contributed by atoms with Crippen LogP contribution in [0.15, 0.2) is 65.1 Å². The molecular formula is C19H10F4INO. The van der Waals surface area contributed by atoms with Crippen molar-refractivity contribution >= 4 is 56.2 Å². The molecule has 132 valence electrons. The molecule has 0 aliphatic carbocycles. The predicted molar refractivity (Wildman–Crippen MR) is 101 cm³/mol. The molecule has 0 radical (unpaired) electrons. The zero-order valence-electron chi connectivity index (χ0n) is 13.0. The van der Waals surface area contributed by atoms with Gasteiger partial charge in [0.05, 0.1) is 39.8 Å². The van der Waals surface area contributed by atoms with Crippen molar-refractivity contribution in [1.29, 1.82) is 0 Å².